The van der Waals surface area contributed by atoms with E-state index in [1.165, 1.54) is 0 Å². The molecule has 29 heavy (non-hydrogen) atoms. The van der Waals surface area contributed by atoms with Gasteiger partial charge in [0.05, 0.1) is 5.56 Å². The third-order valence-electron chi connectivity index (χ3n) is 5.78. The van der Waals surface area contributed by atoms with Crippen molar-refractivity contribution >= 4 is 29.1 Å². The fraction of sp³-hybridized carbons (Fsp3) is 0.292. The molecule has 1 amide bonds. The summed E-state index contributed by atoms with van der Waals surface area (Å²) in [7, 11) is 0. The van der Waals surface area contributed by atoms with Crippen LogP contribution in [-0.4, -0.2) is 34.5 Å². The molecule has 0 aliphatic carbocycles. The summed E-state index contributed by atoms with van der Waals surface area (Å²) in [4.78, 5) is 14.1. The Balaban J connectivity index is 1.94. The zero-order valence-electron chi connectivity index (χ0n) is 16.5. The molecule has 0 bridgehead atoms. The van der Waals surface area contributed by atoms with Gasteiger partial charge in [0.15, 0.2) is 5.69 Å². The van der Waals surface area contributed by atoms with Crippen LogP contribution in [0, 0.1) is 0 Å². The fourth-order valence-electron chi connectivity index (χ4n) is 4.25. The molecule has 2 aromatic rings. The summed E-state index contributed by atoms with van der Waals surface area (Å²) in [5, 5.41) is 23.7. The summed E-state index contributed by atoms with van der Waals surface area (Å²) in [6.07, 6.45) is 0.706. The molecule has 0 spiro atoms. The molecule has 0 radical (unpaired) electrons. The first-order valence-electron chi connectivity index (χ1n) is 10.0. The summed E-state index contributed by atoms with van der Waals surface area (Å²) in [5.74, 6) is 0.843. The van der Waals surface area contributed by atoms with Gasteiger partial charge in [-0.15, -0.1) is 11.8 Å². The molecule has 0 saturated heterocycles. The van der Waals surface area contributed by atoms with Crippen LogP contribution >= 0.6 is 11.8 Å². The smallest absolute Gasteiger partial charge is 0.355 e. The predicted molar refractivity (Wildman–Crippen MR) is 119 cm³/mol. The van der Waals surface area contributed by atoms with Crippen molar-refractivity contribution in [2.24, 2.45) is 0 Å². The van der Waals surface area contributed by atoms with Gasteiger partial charge in [0, 0.05) is 17.4 Å². The lowest BCUT2D eigenvalue weighted by molar-refractivity contribution is -0.128. The average Bonchev–Trinajstić information content (AvgIpc) is 3.27. The molecule has 2 aliphatic rings. The van der Waals surface area contributed by atoms with E-state index in [1.54, 1.807) is 11.8 Å². The van der Waals surface area contributed by atoms with Crippen molar-refractivity contribution in [2.45, 2.75) is 32.4 Å². The summed E-state index contributed by atoms with van der Waals surface area (Å²) < 4.78 is -0.0173. The summed E-state index contributed by atoms with van der Waals surface area (Å²) in [6.45, 7) is 2.64. The number of aliphatic hydroxyl groups is 2. The molecule has 0 aromatic heterocycles. The molecule has 2 aliphatic heterocycles. The maximum absolute atomic E-state index is 14.1. The van der Waals surface area contributed by atoms with Crippen molar-refractivity contribution in [3.8, 4) is 0 Å². The van der Waals surface area contributed by atoms with Gasteiger partial charge < -0.3 is 10.2 Å². The highest BCUT2D eigenvalue weighted by atomic mass is 32.2. The zero-order valence-corrected chi connectivity index (χ0v) is 17.4. The first-order chi connectivity index (χ1) is 14.1. The number of hydrogen-bond donors (Lipinski definition) is 2. The molecule has 2 heterocycles. The van der Waals surface area contributed by atoms with Crippen molar-refractivity contribution in [2.75, 3.05) is 12.3 Å². The van der Waals surface area contributed by atoms with Gasteiger partial charge in [0.2, 0.25) is 0 Å². The number of para-hydroxylation sites is 1. The van der Waals surface area contributed by atoms with Crippen molar-refractivity contribution in [3.05, 3.63) is 82.3 Å². The molecule has 2 atom stereocenters. The lowest BCUT2D eigenvalue weighted by Gasteiger charge is -2.41. The summed E-state index contributed by atoms with van der Waals surface area (Å²) >= 11 is 1.67. The van der Waals surface area contributed by atoms with E-state index in [9.17, 15) is 15.0 Å². The molecular weight excluding hydrogens is 382 g/mol. The summed E-state index contributed by atoms with van der Waals surface area (Å²) in [5.41, 5.74) is 3.76. The SMILES string of the molecule is CCC(O)C[N+]1(Cc2ccccc2)C(=O)C(C2=CSCC2)=C(O)c2ccccc21. The third kappa shape index (κ3) is 3.54. The Labute approximate surface area is 175 Å². The van der Waals surface area contributed by atoms with Gasteiger partial charge in [-0.2, -0.15) is 0 Å². The molecular formula is C24H26NO3S+. The number of rotatable bonds is 6. The number of quaternary nitrogens is 1. The molecule has 2 aromatic carbocycles. The minimum atomic E-state index is -0.621. The number of benzene rings is 2. The monoisotopic (exact) mass is 408 g/mol. The lowest BCUT2D eigenvalue weighted by atomic mass is 9.90. The second-order valence-corrected chi connectivity index (χ2v) is 8.64. The second-order valence-electron chi connectivity index (χ2n) is 7.67. The number of fused-ring (bicyclic) bond motifs is 1. The lowest BCUT2D eigenvalue weighted by Crippen LogP contribution is -2.59. The Bertz CT molecular complexity index is 983. The largest absolute Gasteiger partial charge is 0.506 e. The molecule has 4 nitrogen and oxygen atoms in total. The van der Waals surface area contributed by atoms with E-state index in [0.717, 1.165) is 29.0 Å². The van der Waals surface area contributed by atoms with Crippen LogP contribution in [0.5, 0.6) is 0 Å². The van der Waals surface area contributed by atoms with Crippen LogP contribution in [0.25, 0.3) is 5.76 Å². The number of hydrogen-bond acceptors (Lipinski definition) is 4. The first-order valence-corrected chi connectivity index (χ1v) is 11.1. The Morgan fingerprint density at radius 2 is 1.83 bits per heavy atom. The third-order valence-corrected chi connectivity index (χ3v) is 6.68. The van der Waals surface area contributed by atoms with Crippen molar-refractivity contribution in [1.29, 1.82) is 0 Å². The molecule has 150 valence electrons. The standard InChI is InChI=1S/C24H25NO3S/c1-2-19(26)15-25(14-17-8-4-3-5-9-17)21-11-7-6-10-20(21)23(27)22(24(25)28)18-12-13-29-16-18/h3-11,16,19,26H,2,12-15H2,1H3/p+1. The topological polar surface area (TPSA) is 57.5 Å². The molecule has 5 heteroatoms. The number of aliphatic hydroxyl groups excluding tert-OH is 2. The summed E-state index contributed by atoms with van der Waals surface area (Å²) in [6, 6.07) is 17.5. The highest BCUT2D eigenvalue weighted by Gasteiger charge is 2.50. The Morgan fingerprint density at radius 3 is 2.52 bits per heavy atom. The van der Waals surface area contributed by atoms with E-state index in [1.807, 2.05) is 66.9 Å². The number of carbonyl (C=O) groups excluding carboxylic acids is 1. The predicted octanol–water partition coefficient (Wildman–Crippen LogP) is 4.80. The average molecular weight is 409 g/mol. The van der Waals surface area contributed by atoms with Crippen molar-refractivity contribution < 1.29 is 15.0 Å². The second kappa shape index (κ2) is 8.19. The Kier molecular flexibility index (Phi) is 5.63. The van der Waals surface area contributed by atoms with Gasteiger partial charge in [-0.3, -0.25) is 0 Å². The highest BCUT2D eigenvalue weighted by Crippen LogP contribution is 2.45. The van der Waals surface area contributed by atoms with Crippen LogP contribution in [0.4, 0.5) is 5.69 Å². The van der Waals surface area contributed by atoms with Crippen LogP contribution in [0.1, 0.15) is 30.9 Å². The molecule has 0 saturated carbocycles. The number of nitrogens with zero attached hydrogens (tertiary/aromatic N) is 1. The van der Waals surface area contributed by atoms with Crippen LogP contribution in [0.3, 0.4) is 0 Å². The first kappa shape index (κ1) is 20.0. The van der Waals surface area contributed by atoms with Crippen LogP contribution in [0.2, 0.25) is 0 Å². The van der Waals surface area contributed by atoms with E-state index in [4.69, 9.17) is 0 Å². The molecule has 0 fully saturated rings. The van der Waals surface area contributed by atoms with Crippen LogP contribution < -0.4 is 4.48 Å². The van der Waals surface area contributed by atoms with Gasteiger partial charge in [-0.25, -0.2) is 9.28 Å². The van der Waals surface area contributed by atoms with Crippen molar-refractivity contribution in [3.63, 3.8) is 0 Å². The van der Waals surface area contributed by atoms with E-state index < -0.39 is 6.10 Å². The Morgan fingerprint density at radius 1 is 1.10 bits per heavy atom. The molecule has 2 unspecified atom stereocenters. The van der Waals surface area contributed by atoms with E-state index in [2.05, 4.69) is 0 Å². The van der Waals surface area contributed by atoms with Crippen LogP contribution in [-0.2, 0) is 11.3 Å². The molecule has 4 rings (SSSR count). The van der Waals surface area contributed by atoms with Gasteiger partial charge in [-0.1, -0.05) is 49.4 Å². The number of carbonyl (C=O) groups is 1. The Hall–Kier alpha value is -2.34. The van der Waals surface area contributed by atoms with Crippen molar-refractivity contribution in [1.82, 2.24) is 4.48 Å². The van der Waals surface area contributed by atoms with E-state index in [0.29, 0.717) is 24.1 Å². The van der Waals surface area contributed by atoms with E-state index >= 15 is 0 Å². The van der Waals surface area contributed by atoms with E-state index in [-0.39, 0.29) is 22.7 Å². The molecule has 2 N–H and O–H groups in total. The quantitative estimate of drug-likeness (QED) is 0.675. The van der Waals surface area contributed by atoms with Gasteiger partial charge in [-0.05, 0) is 29.9 Å². The number of amides is 1. The van der Waals surface area contributed by atoms with Crippen LogP contribution in [0.15, 0.2) is 71.2 Å². The normalized spacial score (nSPS) is 22.4. The maximum Gasteiger partial charge on any atom is 0.355 e. The zero-order chi connectivity index (χ0) is 20.4. The highest BCUT2D eigenvalue weighted by molar-refractivity contribution is 8.02. The van der Waals surface area contributed by atoms with Gasteiger partial charge in [0.25, 0.3) is 0 Å². The minimum absolute atomic E-state index is 0.0173. The van der Waals surface area contributed by atoms with Gasteiger partial charge in [0.1, 0.15) is 30.5 Å². The minimum Gasteiger partial charge on any atom is -0.506 e. The van der Waals surface area contributed by atoms with Gasteiger partial charge >= 0.3 is 5.91 Å². The number of thioether (sulfide) groups is 1. The fourth-order valence-corrected chi connectivity index (χ4v) is 5.15. The maximum atomic E-state index is 14.1.